The number of aliphatic hydroxyl groups is 3. The molecule has 0 fully saturated rings. The summed E-state index contributed by atoms with van der Waals surface area (Å²) < 4.78 is 0. The Bertz CT molecular complexity index is 1250. The summed E-state index contributed by atoms with van der Waals surface area (Å²) in [6.45, 7) is 4.59. The van der Waals surface area contributed by atoms with Gasteiger partial charge in [-0.2, -0.15) is 0 Å². The molecule has 0 heterocycles. The monoisotopic (exact) mass is 497 g/mol. The van der Waals surface area contributed by atoms with Gasteiger partial charge in [-0.05, 0) is 45.5 Å². The van der Waals surface area contributed by atoms with Crippen molar-refractivity contribution in [1.82, 2.24) is 9.80 Å². The van der Waals surface area contributed by atoms with Gasteiger partial charge in [-0.15, -0.1) is 6.58 Å². The van der Waals surface area contributed by atoms with Gasteiger partial charge >= 0.3 is 0 Å². The smallest absolute Gasteiger partial charge is 0.255 e. The Balaban J connectivity index is 1.87. The highest BCUT2D eigenvalue weighted by molar-refractivity contribution is 6.24. The average Bonchev–Trinajstić information content (AvgIpc) is 2.78. The number of phenolic OH excluding ortho intramolecular Hbond substituents is 1. The second-order valence-corrected chi connectivity index (χ2v) is 10.1. The highest BCUT2D eigenvalue weighted by atomic mass is 16.3. The number of allylic oxidation sites excluding steroid dienone is 1. The van der Waals surface area contributed by atoms with Crippen molar-refractivity contribution in [2.24, 2.45) is 17.6 Å². The normalized spacial score (nSPS) is 27.8. The molecule has 6 N–H and O–H groups in total. The predicted molar refractivity (Wildman–Crippen MR) is 130 cm³/mol. The molecule has 36 heavy (non-hydrogen) atoms. The standard InChI is InChI=1S/C26H31N3O7/c1-5-8-29(4)11-13-7-6-12-9-14-10-15-19(28(2)3)22(32)18(25(27)35)24(34)26(15,36)23(33)17(14)21(31)16(12)20(13)30/h5-7,14-15,19,30,32-33,36H,1,8-11H2,2-4H3,(H2,27,35)/t14-,15-,19-,26-/m0/s1. The Morgan fingerprint density at radius 3 is 2.47 bits per heavy atom. The van der Waals surface area contributed by atoms with Crippen molar-refractivity contribution in [1.29, 1.82) is 0 Å². The number of likely N-dealkylation sites (N-methyl/N-ethyl adjacent to an activating group) is 2. The lowest BCUT2D eigenvalue weighted by atomic mass is 9.58. The predicted octanol–water partition coefficient (Wildman–Crippen LogP) is 0.738. The Morgan fingerprint density at radius 1 is 1.22 bits per heavy atom. The molecule has 4 rings (SSSR count). The fourth-order valence-corrected chi connectivity index (χ4v) is 5.97. The van der Waals surface area contributed by atoms with Crippen LogP contribution in [0.5, 0.6) is 5.75 Å². The maximum atomic E-state index is 13.7. The number of rotatable bonds is 6. The van der Waals surface area contributed by atoms with Crippen LogP contribution < -0.4 is 5.73 Å². The van der Waals surface area contributed by atoms with E-state index < -0.39 is 58.0 Å². The molecule has 0 saturated heterocycles. The molecule has 0 radical (unpaired) electrons. The molecule has 1 aromatic rings. The number of nitrogens with zero attached hydrogens (tertiary/aromatic N) is 2. The molecule has 0 saturated carbocycles. The zero-order valence-electron chi connectivity index (χ0n) is 20.5. The zero-order chi connectivity index (χ0) is 26.7. The summed E-state index contributed by atoms with van der Waals surface area (Å²) in [5, 5.41) is 44.7. The van der Waals surface area contributed by atoms with Crippen LogP contribution in [0.2, 0.25) is 0 Å². The van der Waals surface area contributed by atoms with Gasteiger partial charge in [-0.3, -0.25) is 24.2 Å². The lowest BCUT2D eigenvalue weighted by Gasteiger charge is -2.50. The van der Waals surface area contributed by atoms with Crippen molar-refractivity contribution in [3.63, 3.8) is 0 Å². The number of Topliss-reactive ketones (excluding diaryl/α,β-unsaturated/α-hetero) is 2. The van der Waals surface area contributed by atoms with Crippen LogP contribution in [0.4, 0.5) is 0 Å². The average molecular weight is 498 g/mol. The van der Waals surface area contributed by atoms with Crippen LogP contribution in [0.1, 0.15) is 27.9 Å². The molecule has 1 amide bonds. The first-order chi connectivity index (χ1) is 16.9. The zero-order valence-corrected chi connectivity index (χ0v) is 20.5. The summed E-state index contributed by atoms with van der Waals surface area (Å²) in [5.41, 5.74) is 2.82. The molecule has 1 aromatic carbocycles. The number of hydrogen-bond donors (Lipinski definition) is 5. The van der Waals surface area contributed by atoms with E-state index in [4.69, 9.17) is 5.73 Å². The largest absolute Gasteiger partial charge is 0.510 e. The number of phenols is 1. The van der Waals surface area contributed by atoms with Crippen molar-refractivity contribution in [2.75, 3.05) is 27.7 Å². The van der Waals surface area contributed by atoms with Gasteiger partial charge in [0, 0.05) is 30.1 Å². The Hall–Kier alpha value is -3.47. The lowest BCUT2D eigenvalue weighted by molar-refractivity contribution is -0.148. The van der Waals surface area contributed by atoms with Crippen LogP contribution in [0.15, 0.2) is 47.5 Å². The van der Waals surface area contributed by atoms with Crippen LogP contribution in [0.25, 0.3) is 0 Å². The number of hydrogen-bond acceptors (Lipinski definition) is 9. The number of amides is 1. The SMILES string of the molecule is C=CCN(C)Cc1ccc2c(c1O)C(=O)C1=C(O)[C@]3(O)C(=O)C(C(N)=O)=C(O)[C@@H](N(C)C)[C@@H]3C[C@@H]1C2. The fraction of sp³-hybridized carbons (Fsp3) is 0.423. The number of ketones is 2. The highest BCUT2D eigenvalue weighted by Gasteiger charge is 2.63. The molecule has 10 nitrogen and oxygen atoms in total. The fourth-order valence-electron chi connectivity index (χ4n) is 5.97. The minimum Gasteiger partial charge on any atom is -0.510 e. The maximum absolute atomic E-state index is 13.7. The molecule has 0 aliphatic heterocycles. The molecule has 3 aliphatic rings. The number of benzene rings is 1. The molecule has 0 spiro atoms. The first-order valence-electron chi connectivity index (χ1n) is 11.6. The van der Waals surface area contributed by atoms with Crippen LogP contribution in [0.3, 0.4) is 0 Å². The second kappa shape index (κ2) is 8.88. The van der Waals surface area contributed by atoms with E-state index in [2.05, 4.69) is 6.58 Å². The van der Waals surface area contributed by atoms with Gasteiger partial charge in [0.2, 0.25) is 5.78 Å². The van der Waals surface area contributed by atoms with E-state index in [1.807, 2.05) is 11.9 Å². The van der Waals surface area contributed by atoms with Gasteiger partial charge < -0.3 is 26.2 Å². The molecule has 10 heteroatoms. The van der Waals surface area contributed by atoms with Gasteiger partial charge in [0.15, 0.2) is 11.4 Å². The Morgan fingerprint density at radius 2 is 1.89 bits per heavy atom. The van der Waals surface area contributed by atoms with Gasteiger partial charge in [0.05, 0.1) is 11.6 Å². The minimum atomic E-state index is -2.64. The lowest BCUT2D eigenvalue weighted by Crippen LogP contribution is -2.63. The van der Waals surface area contributed by atoms with E-state index in [0.717, 1.165) is 0 Å². The van der Waals surface area contributed by atoms with Crippen LogP contribution in [-0.2, 0) is 22.6 Å². The molecule has 3 aliphatic carbocycles. The molecular weight excluding hydrogens is 466 g/mol. The first-order valence-corrected chi connectivity index (χ1v) is 11.6. The van der Waals surface area contributed by atoms with Crippen LogP contribution >= 0.6 is 0 Å². The Labute approximate surface area is 208 Å². The van der Waals surface area contributed by atoms with Gasteiger partial charge in [-0.1, -0.05) is 18.2 Å². The number of primary amides is 1. The summed E-state index contributed by atoms with van der Waals surface area (Å²) in [4.78, 5) is 42.4. The van der Waals surface area contributed by atoms with Crippen molar-refractivity contribution in [3.8, 4) is 5.75 Å². The number of aliphatic hydroxyl groups excluding tert-OH is 2. The van der Waals surface area contributed by atoms with Crippen LogP contribution in [0, 0.1) is 11.8 Å². The number of nitrogens with two attached hydrogens (primary N) is 1. The summed E-state index contributed by atoms with van der Waals surface area (Å²) in [6, 6.07) is 2.50. The number of aromatic hydroxyl groups is 1. The van der Waals surface area contributed by atoms with E-state index in [-0.39, 0.29) is 29.7 Å². The van der Waals surface area contributed by atoms with Crippen molar-refractivity contribution in [2.45, 2.75) is 31.0 Å². The number of carbonyl (C=O) groups is 3. The van der Waals surface area contributed by atoms with Gasteiger partial charge in [-0.25, -0.2) is 0 Å². The quantitative estimate of drug-likeness (QED) is 0.281. The van der Waals surface area contributed by atoms with E-state index in [1.54, 1.807) is 32.3 Å². The summed E-state index contributed by atoms with van der Waals surface area (Å²) in [6.07, 6.45) is 2.04. The highest BCUT2D eigenvalue weighted by Crippen LogP contribution is 2.52. The van der Waals surface area contributed by atoms with E-state index in [1.165, 1.54) is 4.90 Å². The summed E-state index contributed by atoms with van der Waals surface area (Å²) in [5.74, 6) is -6.48. The third-order valence-electron chi connectivity index (χ3n) is 7.56. The minimum absolute atomic E-state index is 0.0142. The van der Waals surface area contributed by atoms with E-state index >= 15 is 0 Å². The first kappa shape index (κ1) is 25.6. The van der Waals surface area contributed by atoms with Crippen LogP contribution in [-0.4, -0.2) is 87.0 Å². The summed E-state index contributed by atoms with van der Waals surface area (Å²) >= 11 is 0. The molecule has 0 unspecified atom stereocenters. The number of fused-ring (bicyclic) bond motifs is 3. The number of carbonyl (C=O) groups excluding carboxylic acids is 3. The second-order valence-electron chi connectivity index (χ2n) is 10.1. The van der Waals surface area contributed by atoms with Crippen molar-refractivity contribution < 1.29 is 34.8 Å². The van der Waals surface area contributed by atoms with Gasteiger partial charge in [0.1, 0.15) is 22.8 Å². The van der Waals surface area contributed by atoms with Gasteiger partial charge in [0.25, 0.3) is 5.91 Å². The molecule has 0 aromatic heterocycles. The third-order valence-corrected chi connectivity index (χ3v) is 7.56. The summed E-state index contributed by atoms with van der Waals surface area (Å²) in [7, 11) is 5.02. The molecule has 0 bridgehead atoms. The molecular formula is C26H31N3O7. The topological polar surface area (TPSA) is 165 Å². The van der Waals surface area contributed by atoms with Crippen molar-refractivity contribution >= 4 is 17.5 Å². The van der Waals surface area contributed by atoms with E-state index in [9.17, 15) is 34.8 Å². The van der Waals surface area contributed by atoms with Crippen molar-refractivity contribution in [3.05, 3.63) is 64.1 Å². The Kier molecular flexibility index (Phi) is 6.32. The molecule has 192 valence electrons. The maximum Gasteiger partial charge on any atom is 0.255 e. The third kappa shape index (κ3) is 3.56. The molecule has 4 atom stereocenters. The van der Waals surface area contributed by atoms with E-state index in [0.29, 0.717) is 24.2 Å².